The Morgan fingerprint density at radius 3 is 2.54 bits per heavy atom. The summed E-state index contributed by atoms with van der Waals surface area (Å²) in [6.07, 6.45) is 6.03. The zero-order valence-corrected chi connectivity index (χ0v) is 20.3. The van der Waals surface area contributed by atoms with Crippen LogP contribution in [0.1, 0.15) is 69.1 Å². The zero-order valence-electron chi connectivity index (χ0n) is 20.3. The number of nitrogens with zero attached hydrogens (tertiary/aromatic N) is 3. The highest BCUT2D eigenvalue weighted by Crippen LogP contribution is 2.35. The minimum Gasteiger partial charge on any atom is -0.493 e. The van der Waals surface area contributed by atoms with E-state index >= 15 is 0 Å². The van der Waals surface area contributed by atoms with Crippen LogP contribution in [0.15, 0.2) is 22.7 Å². The number of aryl methyl sites for hydroxylation is 1. The minimum absolute atomic E-state index is 0.0712. The van der Waals surface area contributed by atoms with Crippen molar-refractivity contribution in [3.05, 3.63) is 35.5 Å². The number of carbonyl (C=O) groups excluding carboxylic acids is 2. The molecule has 1 aromatic carbocycles. The molecule has 0 spiro atoms. The lowest BCUT2D eigenvalue weighted by Crippen LogP contribution is -2.45. The van der Waals surface area contributed by atoms with Crippen LogP contribution in [0.25, 0.3) is 0 Å². The number of carbonyl (C=O) groups is 2. The van der Waals surface area contributed by atoms with E-state index in [1.165, 1.54) is 25.0 Å². The molecule has 1 aromatic heterocycles. The van der Waals surface area contributed by atoms with Gasteiger partial charge in [0.1, 0.15) is 5.54 Å². The molecule has 1 aliphatic carbocycles. The van der Waals surface area contributed by atoms with Crippen molar-refractivity contribution >= 4 is 11.8 Å². The molecule has 2 amide bonds. The summed E-state index contributed by atoms with van der Waals surface area (Å²) < 4.78 is 40.0. The quantitative estimate of drug-likeness (QED) is 0.498. The summed E-state index contributed by atoms with van der Waals surface area (Å²) in [6.45, 7) is -1.22. The number of halogens is 2. The summed E-state index contributed by atoms with van der Waals surface area (Å²) in [5, 5.41) is 7.18. The van der Waals surface area contributed by atoms with E-state index in [4.69, 9.17) is 9.26 Å². The summed E-state index contributed by atoms with van der Waals surface area (Å²) in [6, 6.07) is 4.54. The van der Waals surface area contributed by atoms with E-state index in [-0.39, 0.29) is 42.7 Å². The molecule has 0 bridgehead atoms. The standard InChI is InChI=1S/C24H32F2N4O5/c1-16(31)28-24(12-6-4-5-7-13-24)22-27-20(35-29-22)10-11-21(32)30(2)15-17-8-9-18(34-23(25)26)19(14-17)33-3/h8-9,14,23H,4-7,10-13,15H2,1-3H3,(H,28,31). The fraction of sp³-hybridized carbons (Fsp3) is 0.583. The summed E-state index contributed by atoms with van der Waals surface area (Å²) >= 11 is 0. The van der Waals surface area contributed by atoms with Gasteiger partial charge in [-0.3, -0.25) is 9.59 Å². The van der Waals surface area contributed by atoms with Crippen molar-refractivity contribution in [1.82, 2.24) is 20.4 Å². The van der Waals surface area contributed by atoms with Gasteiger partial charge in [-0.15, -0.1) is 0 Å². The van der Waals surface area contributed by atoms with E-state index in [2.05, 4.69) is 20.2 Å². The van der Waals surface area contributed by atoms with Gasteiger partial charge in [0.25, 0.3) is 0 Å². The lowest BCUT2D eigenvalue weighted by atomic mass is 9.89. The van der Waals surface area contributed by atoms with Crippen LogP contribution < -0.4 is 14.8 Å². The molecule has 1 fully saturated rings. The highest BCUT2D eigenvalue weighted by molar-refractivity contribution is 5.76. The Balaban J connectivity index is 1.60. The van der Waals surface area contributed by atoms with E-state index in [1.807, 2.05) is 0 Å². The zero-order chi connectivity index (χ0) is 25.4. The molecular weight excluding hydrogens is 462 g/mol. The van der Waals surface area contributed by atoms with Crippen LogP contribution in [0, 0.1) is 0 Å². The van der Waals surface area contributed by atoms with Crippen LogP contribution in [-0.4, -0.2) is 47.6 Å². The Bertz CT molecular complexity index is 1010. The smallest absolute Gasteiger partial charge is 0.387 e. The van der Waals surface area contributed by atoms with Crippen molar-refractivity contribution in [1.29, 1.82) is 0 Å². The van der Waals surface area contributed by atoms with Crippen molar-refractivity contribution in [2.24, 2.45) is 0 Å². The number of rotatable bonds is 10. The average molecular weight is 495 g/mol. The van der Waals surface area contributed by atoms with Crippen LogP contribution in [0.3, 0.4) is 0 Å². The minimum atomic E-state index is -2.96. The van der Waals surface area contributed by atoms with Crippen LogP contribution in [0.2, 0.25) is 0 Å². The van der Waals surface area contributed by atoms with E-state index in [1.54, 1.807) is 19.2 Å². The average Bonchev–Trinajstić information content (AvgIpc) is 3.17. The monoisotopic (exact) mass is 494 g/mol. The highest BCUT2D eigenvalue weighted by atomic mass is 19.3. The second-order valence-corrected chi connectivity index (χ2v) is 8.80. The maximum Gasteiger partial charge on any atom is 0.387 e. The van der Waals surface area contributed by atoms with Crippen LogP contribution >= 0.6 is 0 Å². The van der Waals surface area contributed by atoms with Crippen LogP contribution in [-0.2, 0) is 28.1 Å². The molecule has 2 aromatic rings. The van der Waals surface area contributed by atoms with Gasteiger partial charge < -0.3 is 24.2 Å². The molecule has 0 aliphatic heterocycles. The summed E-state index contributed by atoms with van der Waals surface area (Å²) in [4.78, 5) is 30.6. The van der Waals surface area contributed by atoms with Crippen molar-refractivity contribution in [3.63, 3.8) is 0 Å². The second kappa shape index (κ2) is 11.9. The molecule has 0 atom stereocenters. The third-order valence-corrected chi connectivity index (χ3v) is 6.11. The van der Waals surface area contributed by atoms with Gasteiger partial charge in [-0.2, -0.15) is 13.8 Å². The SMILES string of the molecule is COc1cc(CN(C)C(=O)CCc2nc(C3(NC(C)=O)CCCCCC3)no2)ccc1OC(F)F. The van der Waals surface area contributed by atoms with Gasteiger partial charge in [0.05, 0.1) is 7.11 Å². The molecule has 0 radical (unpaired) electrons. The molecule has 9 nitrogen and oxygen atoms in total. The molecule has 1 saturated carbocycles. The van der Waals surface area contributed by atoms with Gasteiger partial charge in [-0.25, -0.2) is 0 Å². The first kappa shape index (κ1) is 26.4. The lowest BCUT2D eigenvalue weighted by molar-refractivity contribution is -0.130. The topological polar surface area (TPSA) is 107 Å². The Morgan fingerprint density at radius 2 is 1.91 bits per heavy atom. The Hall–Kier alpha value is -3.24. The van der Waals surface area contributed by atoms with Gasteiger partial charge in [0.2, 0.25) is 17.7 Å². The molecule has 35 heavy (non-hydrogen) atoms. The normalized spacial score (nSPS) is 15.4. The fourth-order valence-corrected chi connectivity index (χ4v) is 4.39. The molecule has 1 aliphatic rings. The van der Waals surface area contributed by atoms with Gasteiger partial charge in [-0.1, -0.05) is 36.9 Å². The van der Waals surface area contributed by atoms with Gasteiger partial charge in [0, 0.05) is 33.4 Å². The Kier molecular flexibility index (Phi) is 9.00. The van der Waals surface area contributed by atoms with Crippen molar-refractivity contribution < 1.29 is 32.4 Å². The summed E-state index contributed by atoms with van der Waals surface area (Å²) in [7, 11) is 3.00. The number of hydrogen-bond acceptors (Lipinski definition) is 7. The largest absolute Gasteiger partial charge is 0.493 e. The number of hydrogen-bond donors (Lipinski definition) is 1. The molecule has 0 saturated heterocycles. The summed E-state index contributed by atoms with van der Waals surface area (Å²) in [5.41, 5.74) is 0.0643. The first-order chi connectivity index (χ1) is 16.7. The predicted octanol–water partition coefficient (Wildman–Crippen LogP) is 3.96. The van der Waals surface area contributed by atoms with E-state index < -0.39 is 12.2 Å². The van der Waals surface area contributed by atoms with E-state index in [9.17, 15) is 18.4 Å². The Labute approximate surface area is 203 Å². The highest BCUT2D eigenvalue weighted by Gasteiger charge is 2.38. The molecule has 3 rings (SSSR count). The maximum atomic E-state index is 12.7. The van der Waals surface area contributed by atoms with Gasteiger partial charge >= 0.3 is 6.61 Å². The molecular formula is C24H32F2N4O5. The first-order valence-electron chi connectivity index (χ1n) is 11.7. The molecule has 11 heteroatoms. The third-order valence-electron chi connectivity index (χ3n) is 6.11. The van der Waals surface area contributed by atoms with Crippen molar-refractivity contribution in [2.75, 3.05) is 14.2 Å². The van der Waals surface area contributed by atoms with E-state index in [0.717, 1.165) is 38.5 Å². The first-order valence-corrected chi connectivity index (χ1v) is 11.7. The van der Waals surface area contributed by atoms with Gasteiger partial charge in [-0.05, 0) is 30.5 Å². The molecule has 0 unspecified atom stereocenters. The third kappa shape index (κ3) is 7.12. The van der Waals surface area contributed by atoms with E-state index in [0.29, 0.717) is 17.3 Å². The number of methoxy groups -OCH3 is 1. The van der Waals surface area contributed by atoms with Crippen molar-refractivity contribution in [2.45, 2.75) is 77.0 Å². The number of nitrogens with one attached hydrogen (secondary N) is 1. The number of ether oxygens (including phenoxy) is 2. The molecule has 1 heterocycles. The fourth-order valence-electron chi connectivity index (χ4n) is 4.39. The second-order valence-electron chi connectivity index (χ2n) is 8.80. The van der Waals surface area contributed by atoms with Crippen molar-refractivity contribution in [3.8, 4) is 11.5 Å². The van der Waals surface area contributed by atoms with Gasteiger partial charge in [0.15, 0.2) is 17.3 Å². The van der Waals surface area contributed by atoms with Crippen LogP contribution in [0.4, 0.5) is 8.78 Å². The lowest BCUT2D eigenvalue weighted by Gasteiger charge is -2.30. The molecule has 1 N–H and O–H groups in total. The predicted molar refractivity (Wildman–Crippen MR) is 122 cm³/mol. The number of aromatic nitrogens is 2. The Morgan fingerprint density at radius 1 is 1.20 bits per heavy atom. The maximum absolute atomic E-state index is 12.7. The number of amides is 2. The van der Waals surface area contributed by atoms with Crippen LogP contribution in [0.5, 0.6) is 11.5 Å². The number of alkyl halides is 2. The molecule has 192 valence electrons. The number of benzene rings is 1. The summed E-state index contributed by atoms with van der Waals surface area (Å²) in [5.74, 6) is 0.601.